The van der Waals surface area contributed by atoms with Crippen molar-refractivity contribution in [1.82, 2.24) is 0 Å². The van der Waals surface area contributed by atoms with Crippen molar-refractivity contribution in [2.24, 2.45) is 5.10 Å². The minimum atomic E-state index is -1.24. The first kappa shape index (κ1) is 25.1. The molecule has 3 rings (SSSR count). The lowest BCUT2D eigenvalue weighted by molar-refractivity contribution is 0.415. The molecular formula is C27H40N2OPS+. The highest BCUT2D eigenvalue weighted by Gasteiger charge is 2.51. The summed E-state index contributed by atoms with van der Waals surface area (Å²) in [4.78, 5) is 0. The number of hydrazone groups is 1. The minimum absolute atomic E-state index is 0.437. The summed E-state index contributed by atoms with van der Waals surface area (Å²) in [6.45, 7) is 7.01. The Kier molecular flexibility index (Phi) is 9.93. The number of hydrogen-bond donors (Lipinski definition) is 0. The molecule has 0 bridgehead atoms. The van der Waals surface area contributed by atoms with E-state index in [1.165, 1.54) is 68.3 Å². The molecule has 1 atom stereocenters. The lowest BCUT2D eigenvalue weighted by Crippen LogP contribution is -2.31. The van der Waals surface area contributed by atoms with E-state index in [0.717, 1.165) is 10.8 Å². The van der Waals surface area contributed by atoms with Crippen molar-refractivity contribution < 1.29 is 4.74 Å². The van der Waals surface area contributed by atoms with Gasteiger partial charge in [0.1, 0.15) is 10.8 Å². The summed E-state index contributed by atoms with van der Waals surface area (Å²) in [5.74, 6) is 0.893. The predicted molar refractivity (Wildman–Crippen MR) is 146 cm³/mol. The number of rotatable bonds is 13. The first-order valence-corrected chi connectivity index (χ1v) is 15.6. The number of thioether (sulfide) groups is 1. The average molecular weight is 472 g/mol. The molecule has 3 nitrogen and oxygen atoms in total. The Labute approximate surface area is 200 Å². The van der Waals surface area contributed by atoms with Crippen LogP contribution in [0.1, 0.15) is 64.9 Å². The van der Waals surface area contributed by atoms with Gasteiger partial charge in [0.2, 0.25) is 5.11 Å². The molecule has 0 spiro atoms. The number of ether oxygens (including phenoxy) is 1. The zero-order valence-electron chi connectivity index (χ0n) is 20.3. The highest BCUT2D eigenvalue weighted by Crippen LogP contribution is 2.70. The fourth-order valence-corrected chi connectivity index (χ4v) is 12.2. The first-order valence-electron chi connectivity index (χ1n) is 12.3. The van der Waals surface area contributed by atoms with E-state index in [0.29, 0.717) is 5.11 Å². The first-order chi connectivity index (χ1) is 15.7. The molecule has 0 aliphatic carbocycles. The van der Waals surface area contributed by atoms with Crippen LogP contribution in [0, 0.1) is 0 Å². The van der Waals surface area contributed by atoms with Crippen LogP contribution >= 0.6 is 19.0 Å². The van der Waals surface area contributed by atoms with Crippen LogP contribution in [0.2, 0.25) is 0 Å². The Morgan fingerprint density at radius 1 is 0.844 bits per heavy atom. The minimum Gasteiger partial charge on any atom is -0.497 e. The van der Waals surface area contributed by atoms with E-state index in [1.54, 1.807) is 7.11 Å². The van der Waals surface area contributed by atoms with Gasteiger partial charge in [0.25, 0.3) is 0 Å². The van der Waals surface area contributed by atoms with Gasteiger partial charge in [-0.2, -0.15) is 5.10 Å². The van der Waals surface area contributed by atoms with Crippen LogP contribution in [-0.2, 0) is 0 Å². The Bertz CT molecular complexity index is 819. The molecule has 0 amide bonds. The molecule has 1 aliphatic rings. The van der Waals surface area contributed by atoms with Crippen LogP contribution in [0.3, 0.4) is 0 Å². The molecule has 0 saturated heterocycles. The van der Waals surface area contributed by atoms with Crippen LogP contribution in [0.25, 0.3) is 0 Å². The van der Waals surface area contributed by atoms with Gasteiger partial charge < -0.3 is 4.74 Å². The Morgan fingerprint density at radius 2 is 1.41 bits per heavy atom. The topological polar surface area (TPSA) is 24.8 Å². The molecule has 0 radical (unpaired) electrons. The second-order valence-electron chi connectivity index (χ2n) is 8.71. The lowest BCUT2D eigenvalue weighted by Gasteiger charge is -2.36. The second-order valence-corrected chi connectivity index (χ2v) is 14.4. The van der Waals surface area contributed by atoms with Crippen LogP contribution < -0.4 is 9.75 Å². The maximum absolute atomic E-state index is 5.38. The van der Waals surface area contributed by atoms with E-state index in [1.807, 2.05) is 23.9 Å². The van der Waals surface area contributed by atoms with Gasteiger partial charge in [-0.05, 0) is 67.4 Å². The maximum atomic E-state index is 5.38. The molecule has 1 unspecified atom stereocenters. The van der Waals surface area contributed by atoms with Gasteiger partial charge in [0.05, 0.1) is 38.5 Å². The van der Waals surface area contributed by atoms with Crippen molar-refractivity contribution in [3.8, 4) is 5.75 Å². The highest BCUT2D eigenvalue weighted by atomic mass is 32.2. The third kappa shape index (κ3) is 6.08. The molecule has 2 aromatic carbocycles. The molecule has 0 aromatic heterocycles. The number of methoxy groups -OCH3 is 1. The second kappa shape index (κ2) is 12.7. The van der Waals surface area contributed by atoms with E-state index >= 15 is 0 Å². The summed E-state index contributed by atoms with van der Waals surface area (Å²) >= 11 is 2.02. The molecule has 1 heterocycles. The summed E-state index contributed by atoms with van der Waals surface area (Å²) in [6.07, 6.45) is 12.0. The number of anilines is 1. The van der Waals surface area contributed by atoms with Gasteiger partial charge in [-0.25, -0.2) is 5.01 Å². The van der Waals surface area contributed by atoms with Crippen molar-refractivity contribution in [2.45, 2.75) is 64.4 Å². The number of benzene rings is 2. The zero-order valence-corrected chi connectivity index (χ0v) is 22.0. The predicted octanol–water partition coefficient (Wildman–Crippen LogP) is 8.31. The van der Waals surface area contributed by atoms with Gasteiger partial charge in [-0.15, -0.1) is 0 Å². The number of para-hydroxylation sites is 1. The summed E-state index contributed by atoms with van der Waals surface area (Å²) in [5.41, 5.74) is 2.42. The molecular weight excluding hydrogens is 431 g/mol. The molecule has 1 aliphatic heterocycles. The SMILES string of the molecule is CCCC[P+](CCCC)(CCCC)C1SC(c2ccc(OC)cc2)=NN1c1ccccc1. The van der Waals surface area contributed by atoms with Gasteiger partial charge in [0, 0.05) is 5.56 Å². The standard InChI is InChI=1S/C27H40N2OPS/c1-5-8-20-31(21-9-6-2,22-10-7-3)27-29(24-14-12-11-13-15-24)28-26(32-27)23-16-18-25(30-4)19-17-23/h11-19,27H,5-10,20-22H2,1-4H3/q+1. The highest BCUT2D eigenvalue weighted by molar-refractivity contribution is 8.20. The fourth-order valence-electron chi connectivity index (χ4n) is 4.38. The number of hydrogen-bond acceptors (Lipinski definition) is 4. The van der Waals surface area contributed by atoms with Crippen molar-refractivity contribution in [3.05, 3.63) is 60.2 Å². The molecule has 2 aromatic rings. The van der Waals surface area contributed by atoms with E-state index in [9.17, 15) is 0 Å². The lowest BCUT2D eigenvalue weighted by atomic mass is 10.2. The van der Waals surface area contributed by atoms with E-state index in [2.05, 4.69) is 68.2 Å². The van der Waals surface area contributed by atoms with Crippen molar-refractivity contribution in [1.29, 1.82) is 0 Å². The van der Waals surface area contributed by atoms with E-state index < -0.39 is 7.26 Å². The molecule has 0 saturated carbocycles. The monoisotopic (exact) mass is 471 g/mol. The van der Waals surface area contributed by atoms with Crippen LogP contribution in [0.4, 0.5) is 5.69 Å². The molecule has 5 heteroatoms. The summed E-state index contributed by atoms with van der Waals surface area (Å²) in [7, 11) is 0.482. The molecule has 174 valence electrons. The van der Waals surface area contributed by atoms with Crippen molar-refractivity contribution in [2.75, 3.05) is 30.6 Å². The third-order valence-electron chi connectivity index (χ3n) is 6.32. The largest absolute Gasteiger partial charge is 0.497 e. The van der Waals surface area contributed by atoms with Gasteiger partial charge in [-0.3, -0.25) is 0 Å². The molecule has 0 N–H and O–H groups in total. The summed E-state index contributed by atoms with van der Waals surface area (Å²) in [6, 6.07) is 19.2. The van der Waals surface area contributed by atoms with Gasteiger partial charge in [0.15, 0.2) is 0 Å². The Balaban J connectivity index is 2.02. The maximum Gasteiger partial charge on any atom is 0.212 e. The van der Waals surface area contributed by atoms with Crippen LogP contribution in [0.5, 0.6) is 5.75 Å². The molecule has 0 fully saturated rings. The summed E-state index contributed by atoms with van der Waals surface area (Å²) < 4.78 is 5.38. The zero-order chi connectivity index (χ0) is 22.8. The Morgan fingerprint density at radius 3 is 1.91 bits per heavy atom. The fraction of sp³-hybridized carbons (Fsp3) is 0.519. The quantitative estimate of drug-likeness (QED) is 0.275. The van der Waals surface area contributed by atoms with Crippen molar-refractivity contribution >= 4 is 29.8 Å². The van der Waals surface area contributed by atoms with Gasteiger partial charge >= 0.3 is 0 Å². The van der Waals surface area contributed by atoms with Crippen molar-refractivity contribution in [3.63, 3.8) is 0 Å². The average Bonchev–Trinajstić information content (AvgIpc) is 3.30. The molecule has 32 heavy (non-hydrogen) atoms. The smallest absolute Gasteiger partial charge is 0.212 e. The van der Waals surface area contributed by atoms with Crippen LogP contribution in [-0.4, -0.2) is 35.8 Å². The number of nitrogens with zero attached hydrogens (tertiary/aromatic N) is 2. The van der Waals surface area contributed by atoms with E-state index in [-0.39, 0.29) is 0 Å². The third-order valence-corrected chi connectivity index (χ3v) is 13.7. The Hall–Kier alpha value is -1.51. The van der Waals surface area contributed by atoms with E-state index in [4.69, 9.17) is 9.84 Å². The number of unbranched alkanes of at least 4 members (excludes halogenated alkanes) is 3. The van der Waals surface area contributed by atoms with Crippen LogP contribution in [0.15, 0.2) is 59.7 Å². The summed E-state index contributed by atoms with van der Waals surface area (Å²) in [5, 5.41) is 9.23. The normalized spacial score (nSPS) is 16.3. The van der Waals surface area contributed by atoms with Gasteiger partial charge in [-0.1, -0.05) is 58.2 Å².